The molecule has 0 radical (unpaired) electrons. The van der Waals surface area contributed by atoms with Gasteiger partial charge < -0.3 is 10.2 Å². The van der Waals surface area contributed by atoms with Gasteiger partial charge in [0.25, 0.3) is 5.91 Å². The number of carbonyl (C=O) groups excluding carboxylic acids is 1. The van der Waals surface area contributed by atoms with Gasteiger partial charge in [0, 0.05) is 30.7 Å². The van der Waals surface area contributed by atoms with Crippen molar-refractivity contribution in [1.29, 1.82) is 0 Å². The summed E-state index contributed by atoms with van der Waals surface area (Å²) in [6, 6.07) is 9.27. The second kappa shape index (κ2) is 7.07. The zero-order valence-electron chi connectivity index (χ0n) is 15.2. The molecule has 3 rings (SSSR count). The van der Waals surface area contributed by atoms with Crippen LogP contribution in [-0.2, 0) is 9.84 Å². The number of amides is 1. The molecule has 2 aromatic rings. The Morgan fingerprint density at radius 1 is 1.23 bits per heavy atom. The number of pyridine rings is 1. The lowest BCUT2D eigenvalue weighted by atomic mass is 10.1. The molecule has 1 aliphatic heterocycles. The molecule has 0 aliphatic carbocycles. The lowest BCUT2D eigenvalue weighted by Gasteiger charge is -2.23. The van der Waals surface area contributed by atoms with Crippen molar-refractivity contribution in [1.82, 2.24) is 9.88 Å². The van der Waals surface area contributed by atoms with Crippen LogP contribution in [-0.4, -0.2) is 48.8 Å². The maximum Gasteiger partial charge on any atom is 0.272 e. The summed E-state index contributed by atoms with van der Waals surface area (Å²) in [7, 11) is -1.40. The number of rotatable bonds is 4. The highest BCUT2D eigenvalue weighted by molar-refractivity contribution is 7.91. The van der Waals surface area contributed by atoms with Crippen molar-refractivity contribution in [3.05, 3.63) is 53.3 Å². The molecule has 0 bridgehead atoms. The molecule has 1 N–H and O–H groups in total. The van der Waals surface area contributed by atoms with E-state index in [2.05, 4.69) is 10.3 Å². The Bertz CT molecular complexity index is 921. The number of carbonyl (C=O) groups is 1. The van der Waals surface area contributed by atoms with E-state index in [1.807, 2.05) is 38.1 Å². The van der Waals surface area contributed by atoms with Gasteiger partial charge in [0.05, 0.1) is 11.5 Å². The molecule has 1 amide bonds. The van der Waals surface area contributed by atoms with Crippen LogP contribution in [0.1, 0.15) is 28.0 Å². The summed E-state index contributed by atoms with van der Waals surface area (Å²) in [4.78, 5) is 18.4. The number of nitrogens with one attached hydrogen (secondary N) is 1. The number of sulfone groups is 1. The van der Waals surface area contributed by atoms with E-state index in [9.17, 15) is 13.2 Å². The van der Waals surface area contributed by atoms with Crippen molar-refractivity contribution in [3.8, 4) is 0 Å². The Balaban J connectivity index is 1.80. The van der Waals surface area contributed by atoms with Crippen LogP contribution in [0.2, 0.25) is 0 Å². The van der Waals surface area contributed by atoms with E-state index in [0.717, 1.165) is 22.5 Å². The molecule has 1 aromatic heterocycles. The van der Waals surface area contributed by atoms with Gasteiger partial charge in [-0.25, -0.2) is 8.42 Å². The molecular formula is C19H23N3O3S. The Labute approximate surface area is 154 Å². The van der Waals surface area contributed by atoms with E-state index in [-0.39, 0.29) is 23.5 Å². The lowest BCUT2D eigenvalue weighted by molar-refractivity contribution is 0.0742. The summed E-state index contributed by atoms with van der Waals surface area (Å²) >= 11 is 0. The van der Waals surface area contributed by atoms with Crippen molar-refractivity contribution in [2.24, 2.45) is 0 Å². The van der Waals surface area contributed by atoms with Crippen LogP contribution in [0, 0.1) is 13.8 Å². The standard InChI is InChI=1S/C19H23N3O3S/c1-13-5-4-6-14(2)18(13)21-15-7-9-20-17(11-15)19(23)22(3)16-8-10-26(24,25)12-16/h4-7,9,11,16H,8,10,12H2,1-3H3,(H,20,21). The van der Waals surface area contributed by atoms with Crippen molar-refractivity contribution >= 4 is 27.1 Å². The van der Waals surface area contributed by atoms with E-state index < -0.39 is 9.84 Å². The number of aryl methyl sites for hydroxylation is 2. The van der Waals surface area contributed by atoms with E-state index >= 15 is 0 Å². The molecule has 1 aliphatic rings. The molecule has 2 heterocycles. The molecule has 1 aromatic carbocycles. The number of hydrogen-bond donors (Lipinski definition) is 1. The molecule has 26 heavy (non-hydrogen) atoms. The Morgan fingerprint density at radius 2 is 1.92 bits per heavy atom. The highest BCUT2D eigenvalue weighted by Gasteiger charge is 2.33. The molecule has 7 heteroatoms. The summed E-state index contributed by atoms with van der Waals surface area (Å²) in [5, 5.41) is 3.35. The van der Waals surface area contributed by atoms with Crippen molar-refractivity contribution in [2.45, 2.75) is 26.3 Å². The van der Waals surface area contributed by atoms with Crippen LogP contribution in [0.3, 0.4) is 0 Å². The summed E-state index contributed by atoms with van der Waals surface area (Å²) in [5.74, 6) is -0.107. The third-order valence-corrected chi connectivity index (χ3v) is 6.56. The van der Waals surface area contributed by atoms with Gasteiger partial charge in [-0.1, -0.05) is 18.2 Å². The lowest BCUT2D eigenvalue weighted by Crippen LogP contribution is -2.38. The number of nitrogens with zero attached hydrogens (tertiary/aromatic N) is 2. The number of anilines is 2. The molecule has 1 saturated heterocycles. The SMILES string of the molecule is Cc1cccc(C)c1Nc1ccnc(C(=O)N(C)C2CCS(=O)(=O)C2)c1. The van der Waals surface area contributed by atoms with Crippen LogP contribution in [0.15, 0.2) is 36.5 Å². The number of aromatic nitrogens is 1. The summed E-state index contributed by atoms with van der Waals surface area (Å²) in [6.07, 6.45) is 2.06. The third kappa shape index (κ3) is 3.88. The maximum atomic E-state index is 12.7. The summed E-state index contributed by atoms with van der Waals surface area (Å²) in [6.45, 7) is 4.05. The first-order valence-electron chi connectivity index (χ1n) is 8.54. The van der Waals surface area contributed by atoms with Crippen LogP contribution in [0.25, 0.3) is 0 Å². The minimum Gasteiger partial charge on any atom is -0.355 e. The average molecular weight is 373 g/mol. The first-order chi connectivity index (χ1) is 12.3. The van der Waals surface area contributed by atoms with Crippen molar-refractivity contribution in [2.75, 3.05) is 23.9 Å². The van der Waals surface area contributed by atoms with Crippen molar-refractivity contribution < 1.29 is 13.2 Å². The maximum absolute atomic E-state index is 12.7. The van der Waals surface area contributed by atoms with Gasteiger partial charge in [-0.3, -0.25) is 9.78 Å². The van der Waals surface area contributed by atoms with E-state index in [1.54, 1.807) is 19.3 Å². The molecule has 0 saturated carbocycles. The largest absolute Gasteiger partial charge is 0.355 e. The minimum atomic E-state index is -3.04. The number of benzene rings is 1. The Kier molecular flexibility index (Phi) is 5.00. The topological polar surface area (TPSA) is 79.4 Å². The van der Waals surface area contributed by atoms with Crippen LogP contribution < -0.4 is 5.32 Å². The summed E-state index contributed by atoms with van der Waals surface area (Å²) in [5.41, 5.74) is 4.31. The van der Waals surface area contributed by atoms with E-state index in [4.69, 9.17) is 0 Å². The Morgan fingerprint density at radius 3 is 2.54 bits per heavy atom. The predicted octanol–water partition coefficient (Wildman–Crippen LogP) is 2.70. The zero-order chi connectivity index (χ0) is 18.9. The van der Waals surface area contributed by atoms with Crippen LogP contribution in [0.5, 0.6) is 0 Å². The van der Waals surface area contributed by atoms with Crippen LogP contribution >= 0.6 is 0 Å². The molecule has 0 spiro atoms. The zero-order valence-corrected chi connectivity index (χ0v) is 16.0. The van der Waals surface area contributed by atoms with Crippen molar-refractivity contribution in [3.63, 3.8) is 0 Å². The molecule has 1 unspecified atom stereocenters. The van der Waals surface area contributed by atoms with Gasteiger partial charge in [-0.15, -0.1) is 0 Å². The van der Waals surface area contributed by atoms with E-state index in [0.29, 0.717) is 12.1 Å². The average Bonchev–Trinajstić information content (AvgIpc) is 2.97. The first-order valence-corrected chi connectivity index (χ1v) is 10.4. The molecular weight excluding hydrogens is 350 g/mol. The highest BCUT2D eigenvalue weighted by Crippen LogP contribution is 2.25. The second-order valence-corrected chi connectivity index (χ2v) is 9.02. The smallest absolute Gasteiger partial charge is 0.272 e. The van der Waals surface area contributed by atoms with Gasteiger partial charge in [-0.2, -0.15) is 0 Å². The monoisotopic (exact) mass is 373 g/mol. The first kappa shape index (κ1) is 18.4. The fraction of sp³-hybridized carbons (Fsp3) is 0.368. The van der Waals surface area contributed by atoms with Gasteiger partial charge in [0.1, 0.15) is 5.69 Å². The van der Waals surface area contributed by atoms with Gasteiger partial charge in [-0.05, 0) is 43.5 Å². The van der Waals surface area contributed by atoms with Gasteiger partial charge >= 0.3 is 0 Å². The third-order valence-electron chi connectivity index (χ3n) is 4.81. The summed E-state index contributed by atoms with van der Waals surface area (Å²) < 4.78 is 23.3. The second-order valence-electron chi connectivity index (χ2n) is 6.79. The fourth-order valence-electron chi connectivity index (χ4n) is 3.21. The normalized spacial score (nSPS) is 18.5. The predicted molar refractivity (Wildman–Crippen MR) is 103 cm³/mol. The highest BCUT2D eigenvalue weighted by atomic mass is 32.2. The number of para-hydroxylation sites is 1. The van der Waals surface area contributed by atoms with E-state index in [1.165, 1.54) is 4.90 Å². The fourth-order valence-corrected chi connectivity index (χ4v) is 4.98. The molecule has 138 valence electrons. The quantitative estimate of drug-likeness (QED) is 0.891. The minimum absolute atomic E-state index is 0.0234. The molecule has 6 nitrogen and oxygen atoms in total. The Hall–Kier alpha value is -2.41. The number of hydrogen-bond acceptors (Lipinski definition) is 5. The molecule has 1 atom stereocenters. The van der Waals surface area contributed by atoms with Gasteiger partial charge in [0.15, 0.2) is 9.84 Å². The molecule has 1 fully saturated rings. The van der Waals surface area contributed by atoms with Crippen LogP contribution in [0.4, 0.5) is 11.4 Å². The van der Waals surface area contributed by atoms with Gasteiger partial charge in [0.2, 0.25) is 0 Å².